The van der Waals surface area contributed by atoms with Crippen LogP contribution in [0, 0.1) is 0 Å². The Labute approximate surface area is 144 Å². The Morgan fingerprint density at radius 1 is 1.25 bits per heavy atom. The summed E-state index contributed by atoms with van der Waals surface area (Å²) in [5.41, 5.74) is 0.936. The highest BCUT2D eigenvalue weighted by Crippen LogP contribution is 2.36. The van der Waals surface area contributed by atoms with E-state index in [0.29, 0.717) is 40.3 Å². The first-order valence-electron chi connectivity index (χ1n) is 6.98. The molecular formula is C16H17ClN4O3. The van der Waals surface area contributed by atoms with Gasteiger partial charge in [-0.05, 0) is 0 Å². The second-order valence-corrected chi connectivity index (χ2v) is 5.01. The summed E-state index contributed by atoms with van der Waals surface area (Å²) in [6.45, 7) is 3.91. The summed E-state index contributed by atoms with van der Waals surface area (Å²) >= 11 is 6.07. The van der Waals surface area contributed by atoms with Crippen molar-refractivity contribution in [2.24, 2.45) is 0 Å². The van der Waals surface area contributed by atoms with E-state index >= 15 is 0 Å². The first-order chi connectivity index (χ1) is 11.6. The fraction of sp³-hybridized carbons (Fsp3) is 0.188. The number of nitrogens with one attached hydrogen (secondary N) is 2. The van der Waals surface area contributed by atoms with E-state index in [-0.39, 0.29) is 5.91 Å². The summed E-state index contributed by atoms with van der Waals surface area (Å²) in [6, 6.07) is 3.30. The Morgan fingerprint density at radius 3 is 2.50 bits per heavy atom. The third-order valence-electron chi connectivity index (χ3n) is 3.04. The molecular weight excluding hydrogens is 332 g/mol. The van der Waals surface area contributed by atoms with Crippen molar-refractivity contribution in [1.82, 2.24) is 15.3 Å². The van der Waals surface area contributed by atoms with Crippen LogP contribution >= 0.6 is 11.6 Å². The number of anilines is 2. The molecule has 1 amide bonds. The second kappa shape index (κ2) is 8.16. The van der Waals surface area contributed by atoms with Gasteiger partial charge in [0.1, 0.15) is 11.5 Å². The third-order valence-corrected chi connectivity index (χ3v) is 3.34. The van der Waals surface area contributed by atoms with E-state index in [2.05, 4.69) is 27.2 Å². The Bertz CT molecular complexity index is 735. The van der Waals surface area contributed by atoms with E-state index in [0.717, 1.165) is 0 Å². The minimum absolute atomic E-state index is 0.271. The van der Waals surface area contributed by atoms with Crippen molar-refractivity contribution in [2.75, 3.05) is 26.1 Å². The minimum Gasteiger partial charge on any atom is -0.495 e. The molecule has 1 heterocycles. The zero-order valence-electron chi connectivity index (χ0n) is 13.3. The van der Waals surface area contributed by atoms with Crippen molar-refractivity contribution in [2.45, 2.75) is 0 Å². The largest absolute Gasteiger partial charge is 0.495 e. The molecule has 1 aromatic carbocycles. The smallest absolute Gasteiger partial charge is 0.254 e. The molecule has 0 bridgehead atoms. The molecule has 0 spiro atoms. The number of carbonyl (C=O) groups is 1. The maximum Gasteiger partial charge on any atom is 0.254 e. The van der Waals surface area contributed by atoms with Gasteiger partial charge in [-0.25, -0.2) is 9.97 Å². The van der Waals surface area contributed by atoms with Gasteiger partial charge in [0.15, 0.2) is 0 Å². The zero-order valence-corrected chi connectivity index (χ0v) is 14.1. The Hall–Kier alpha value is -2.80. The minimum atomic E-state index is -0.271. The molecule has 1 aromatic heterocycles. The third kappa shape index (κ3) is 4.14. The van der Waals surface area contributed by atoms with Crippen LogP contribution in [0.1, 0.15) is 10.4 Å². The van der Waals surface area contributed by atoms with Gasteiger partial charge in [-0.15, -0.1) is 6.58 Å². The van der Waals surface area contributed by atoms with Crippen LogP contribution < -0.4 is 20.1 Å². The molecule has 0 unspecified atom stereocenters. The fourth-order valence-corrected chi connectivity index (χ4v) is 2.09. The van der Waals surface area contributed by atoms with Gasteiger partial charge in [0, 0.05) is 31.1 Å². The molecule has 2 rings (SSSR count). The van der Waals surface area contributed by atoms with E-state index in [1.54, 1.807) is 18.2 Å². The van der Waals surface area contributed by atoms with Crippen LogP contribution in [0.2, 0.25) is 5.02 Å². The number of nitrogens with zero attached hydrogens (tertiary/aromatic N) is 2. The summed E-state index contributed by atoms with van der Waals surface area (Å²) in [7, 11) is 3.04. The van der Waals surface area contributed by atoms with E-state index in [9.17, 15) is 4.79 Å². The zero-order chi connectivity index (χ0) is 17.5. The van der Waals surface area contributed by atoms with Crippen LogP contribution in [0.15, 0.2) is 37.2 Å². The number of rotatable bonds is 7. The number of benzene rings is 1. The second-order valence-electron chi connectivity index (χ2n) is 4.61. The quantitative estimate of drug-likeness (QED) is 0.748. The van der Waals surface area contributed by atoms with Crippen LogP contribution in [-0.2, 0) is 0 Å². The van der Waals surface area contributed by atoms with Crippen LogP contribution in [0.5, 0.6) is 11.5 Å². The fourth-order valence-electron chi connectivity index (χ4n) is 1.86. The average Bonchev–Trinajstić information content (AvgIpc) is 2.61. The molecule has 2 aromatic rings. The lowest BCUT2D eigenvalue weighted by molar-refractivity contribution is 0.0957. The molecule has 24 heavy (non-hydrogen) atoms. The standard InChI is InChI=1S/C16H17ClN4O3/c1-4-5-18-15(22)10-8-19-16(20-9-10)21-12-7-13(23-2)11(17)6-14(12)24-3/h4,6-9H,1,5H2,2-3H3,(H,18,22)(H,19,20,21). The number of aromatic nitrogens is 2. The van der Waals surface area contributed by atoms with Crippen molar-refractivity contribution < 1.29 is 14.3 Å². The number of hydrogen-bond acceptors (Lipinski definition) is 6. The predicted octanol–water partition coefficient (Wildman–Crippen LogP) is 2.81. The predicted molar refractivity (Wildman–Crippen MR) is 92.4 cm³/mol. The number of hydrogen-bond donors (Lipinski definition) is 2. The normalized spacial score (nSPS) is 9.96. The molecule has 0 saturated carbocycles. The lowest BCUT2D eigenvalue weighted by Gasteiger charge is -2.13. The summed E-state index contributed by atoms with van der Waals surface area (Å²) in [4.78, 5) is 20.0. The lowest BCUT2D eigenvalue weighted by Crippen LogP contribution is -2.23. The molecule has 0 aliphatic carbocycles. The lowest BCUT2D eigenvalue weighted by atomic mass is 10.2. The number of ether oxygens (including phenoxy) is 2. The monoisotopic (exact) mass is 348 g/mol. The van der Waals surface area contributed by atoms with Crippen molar-refractivity contribution in [3.63, 3.8) is 0 Å². The summed E-state index contributed by atoms with van der Waals surface area (Å²) in [5, 5.41) is 6.08. The first-order valence-corrected chi connectivity index (χ1v) is 7.36. The molecule has 126 valence electrons. The Balaban J connectivity index is 2.19. The Morgan fingerprint density at radius 2 is 1.92 bits per heavy atom. The van der Waals surface area contributed by atoms with Crippen molar-refractivity contribution in [1.29, 1.82) is 0 Å². The van der Waals surface area contributed by atoms with Gasteiger partial charge in [-0.1, -0.05) is 17.7 Å². The highest BCUT2D eigenvalue weighted by Gasteiger charge is 2.12. The van der Waals surface area contributed by atoms with Gasteiger partial charge in [-0.2, -0.15) is 0 Å². The molecule has 0 saturated heterocycles. The molecule has 2 N–H and O–H groups in total. The maximum absolute atomic E-state index is 11.8. The number of halogens is 1. The SMILES string of the molecule is C=CCNC(=O)c1cnc(Nc2cc(OC)c(Cl)cc2OC)nc1. The highest BCUT2D eigenvalue weighted by molar-refractivity contribution is 6.32. The van der Waals surface area contributed by atoms with Gasteiger partial charge in [0.25, 0.3) is 5.91 Å². The van der Waals surface area contributed by atoms with Crippen molar-refractivity contribution in [3.05, 3.63) is 47.8 Å². The highest BCUT2D eigenvalue weighted by atomic mass is 35.5. The molecule has 8 heteroatoms. The molecule has 0 fully saturated rings. The topological polar surface area (TPSA) is 85.4 Å². The van der Waals surface area contributed by atoms with E-state index < -0.39 is 0 Å². The Kier molecular flexibility index (Phi) is 5.97. The first kappa shape index (κ1) is 17.6. The number of amides is 1. The van der Waals surface area contributed by atoms with E-state index in [1.165, 1.54) is 26.6 Å². The molecule has 0 aliphatic rings. The molecule has 0 radical (unpaired) electrons. The summed E-state index contributed by atoms with van der Waals surface area (Å²) in [5.74, 6) is 1.03. The molecule has 7 nitrogen and oxygen atoms in total. The van der Waals surface area contributed by atoms with Gasteiger partial charge < -0.3 is 20.1 Å². The van der Waals surface area contributed by atoms with Crippen molar-refractivity contribution >= 4 is 29.1 Å². The van der Waals surface area contributed by atoms with Crippen LogP contribution in [-0.4, -0.2) is 36.6 Å². The van der Waals surface area contributed by atoms with Gasteiger partial charge in [0.2, 0.25) is 5.95 Å². The van der Waals surface area contributed by atoms with Gasteiger partial charge in [0.05, 0.1) is 30.5 Å². The van der Waals surface area contributed by atoms with Crippen LogP contribution in [0.25, 0.3) is 0 Å². The van der Waals surface area contributed by atoms with Crippen LogP contribution in [0.4, 0.5) is 11.6 Å². The molecule has 0 aliphatic heterocycles. The van der Waals surface area contributed by atoms with Crippen LogP contribution in [0.3, 0.4) is 0 Å². The number of methoxy groups -OCH3 is 2. The van der Waals surface area contributed by atoms with E-state index in [1.807, 2.05) is 0 Å². The van der Waals surface area contributed by atoms with Gasteiger partial charge in [-0.3, -0.25) is 4.79 Å². The maximum atomic E-state index is 11.8. The number of carbonyl (C=O) groups excluding carboxylic acids is 1. The van der Waals surface area contributed by atoms with E-state index in [4.69, 9.17) is 21.1 Å². The summed E-state index contributed by atoms with van der Waals surface area (Å²) < 4.78 is 10.5. The van der Waals surface area contributed by atoms with Gasteiger partial charge >= 0.3 is 0 Å². The van der Waals surface area contributed by atoms with Crippen molar-refractivity contribution in [3.8, 4) is 11.5 Å². The summed E-state index contributed by atoms with van der Waals surface area (Å²) in [6.07, 6.45) is 4.44. The average molecular weight is 349 g/mol. The molecule has 0 atom stereocenters.